The first kappa shape index (κ1) is 10.0. The zero-order chi connectivity index (χ0) is 10.6. The van der Waals surface area contributed by atoms with E-state index in [4.69, 9.17) is 10.00 Å². The lowest BCUT2D eigenvalue weighted by Gasteiger charge is -2.02. The van der Waals surface area contributed by atoms with Gasteiger partial charge in [-0.05, 0) is 25.1 Å². The molecule has 70 valence electrons. The van der Waals surface area contributed by atoms with Crippen molar-refractivity contribution in [3.63, 3.8) is 0 Å². The zero-order valence-electron chi connectivity index (χ0n) is 7.78. The van der Waals surface area contributed by atoms with Crippen LogP contribution in [0, 0.1) is 11.3 Å². The molecular formula is C11H9NO2. The summed E-state index contributed by atoms with van der Waals surface area (Å²) in [6.45, 7) is 5.04. The lowest BCUT2D eigenvalue weighted by molar-refractivity contribution is 0.0628. The molecule has 0 unspecified atom stereocenters. The van der Waals surface area contributed by atoms with Crippen LogP contribution in [0.2, 0.25) is 0 Å². The fourth-order valence-corrected chi connectivity index (χ4v) is 0.933. The number of allylic oxidation sites excluding steroid dienone is 1. The van der Waals surface area contributed by atoms with Crippen molar-refractivity contribution in [1.29, 1.82) is 5.26 Å². The minimum absolute atomic E-state index is 0.331. The lowest BCUT2D eigenvalue weighted by Crippen LogP contribution is -2.03. The van der Waals surface area contributed by atoms with Gasteiger partial charge in [0.2, 0.25) is 0 Å². The maximum Gasteiger partial charge on any atom is 0.343 e. The lowest BCUT2D eigenvalue weighted by atomic mass is 10.1. The Morgan fingerprint density at radius 1 is 1.57 bits per heavy atom. The molecule has 0 fully saturated rings. The van der Waals surface area contributed by atoms with Gasteiger partial charge in [0.1, 0.15) is 0 Å². The van der Waals surface area contributed by atoms with E-state index in [1.54, 1.807) is 25.1 Å². The molecule has 1 rings (SSSR count). The van der Waals surface area contributed by atoms with E-state index in [0.29, 0.717) is 16.9 Å². The normalized spacial score (nSPS) is 8.86. The van der Waals surface area contributed by atoms with Crippen LogP contribution in [0.5, 0.6) is 0 Å². The number of esters is 1. The van der Waals surface area contributed by atoms with Crippen molar-refractivity contribution >= 4 is 5.97 Å². The summed E-state index contributed by atoms with van der Waals surface area (Å²) in [7, 11) is 0. The molecule has 14 heavy (non-hydrogen) atoms. The van der Waals surface area contributed by atoms with Crippen molar-refractivity contribution in [2.24, 2.45) is 0 Å². The van der Waals surface area contributed by atoms with Gasteiger partial charge in [0.15, 0.2) is 0 Å². The van der Waals surface area contributed by atoms with Crippen LogP contribution in [0.4, 0.5) is 0 Å². The first-order valence-corrected chi connectivity index (χ1v) is 4.01. The third-order valence-corrected chi connectivity index (χ3v) is 1.49. The SMILES string of the molecule is C=C(C)OC(=O)c1cccc(C#N)c1. The van der Waals surface area contributed by atoms with Crippen LogP contribution in [0.15, 0.2) is 36.6 Å². The number of hydrogen-bond acceptors (Lipinski definition) is 3. The number of carbonyl (C=O) groups is 1. The summed E-state index contributed by atoms with van der Waals surface area (Å²) in [6, 6.07) is 8.27. The minimum atomic E-state index is -0.491. The summed E-state index contributed by atoms with van der Waals surface area (Å²) in [6.07, 6.45) is 0. The Bertz CT molecular complexity index is 416. The molecule has 0 aliphatic carbocycles. The first-order chi connectivity index (χ1) is 6.63. The van der Waals surface area contributed by atoms with Crippen LogP contribution in [0.3, 0.4) is 0 Å². The average Bonchev–Trinajstić information content (AvgIpc) is 2.17. The third-order valence-electron chi connectivity index (χ3n) is 1.49. The molecule has 0 amide bonds. The molecule has 0 radical (unpaired) electrons. The smallest absolute Gasteiger partial charge is 0.343 e. The monoisotopic (exact) mass is 187 g/mol. The molecule has 3 nitrogen and oxygen atoms in total. The predicted octanol–water partition coefficient (Wildman–Crippen LogP) is 2.25. The standard InChI is InChI=1S/C11H9NO2/c1-8(2)14-11(13)10-5-3-4-9(6-10)7-12/h3-6H,1H2,2H3. The van der Waals surface area contributed by atoms with Crippen molar-refractivity contribution in [1.82, 2.24) is 0 Å². The quantitative estimate of drug-likeness (QED) is 0.527. The molecular weight excluding hydrogens is 178 g/mol. The largest absolute Gasteiger partial charge is 0.428 e. The first-order valence-electron chi connectivity index (χ1n) is 4.01. The van der Waals surface area contributed by atoms with E-state index in [-0.39, 0.29) is 0 Å². The van der Waals surface area contributed by atoms with Crippen LogP contribution in [-0.2, 0) is 4.74 Å². The molecule has 0 aliphatic rings. The number of carbonyl (C=O) groups excluding carboxylic acids is 1. The Morgan fingerprint density at radius 3 is 2.86 bits per heavy atom. The second-order valence-electron chi connectivity index (χ2n) is 2.78. The number of ether oxygens (including phenoxy) is 1. The maximum absolute atomic E-state index is 11.3. The molecule has 1 aromatic rings. The summed E-state index contributed by atoms with van der Waals surface area (Å²) in [5, 5.41) is 8.61. The Balaban J connectivity index is 2.91. The van der Waals surface area contributed by atoms with Gasteiger partial charge in [-0.1, -0.05) is 12.6 Å². The van der Waals surface area contributed by atoms with Crippen molar-refractivity contribution < 1.29 is 9.53 Å². The molecule has 1 aromatic carbocycles. The van der Waals surface area contributed by atoms with E-state index >= 15 is 0 Å². The van der Waals surface area contributed by atoms with E-state index in [9.17, 15) is 4.79 Å². The number of benzene rings is 1. The summed E-state index contributed by atoms with van der Waals surface area (Å²) >= 11 is 0. The fraction of sp³-hybridized carbons (Fsp3) is 0.0909. The van der Waals surface area contributed by atoms with E-state index in [2.05, 4.69) is 6.58 Å². The molecule has 0 atom stereocenters. The van der Waals surface area contributed by atoms with Gasteiger partial charge in [0.25, 0.3) is 0 Å². The second-order valence-corrected chi connectivity index (χ2v) is 2.78. The van der Waals surface area contributed by atoms with Crippen molar-refractivity contribution in [2.75, 3.05) is 0 Å². The fourth-order valence-electron chi connectivity index (χ4n) is 0.933. The van der Waals surface area contributed by atoms with E-state index in [1.807, 2.05) is 6.07 Å². The molecule has 3 heteroatoms. The van der Waals surface area contributed by atoms with Crippen molar-refractivity contribution in [3.05, 3.63) is 47.7 Å². The van der Waals surface area contributed by atoms with Gasteiger partial charge >= 0.3 is 5.97 Å². The number of rotatable bonds is 2. The highest BCUT2D eigenvalue weighted by Gasteiger charge is 2.07. The summed E-state index contributed by atoms with van der Waals surface area (Å²) in [4.78, 5) is 11.3. The van der Waals surface area contributed by atoms with Gasteiger partial charge in [0.05, 0.1) is 23.0 Å². The van der Waals surface area contributed by atoms with Gasteiger partial charge in [-0.2, -0.15) is 5.26 Å². The molecule has 0 aromatic heterocycles. The topological polar surface area (TPSA) is 50.1 Å². The Kier molecular flexibility index (Phi) is 3.03. The maximum atomic E-state index is 11.3. The molecule has 0 N–H and O–H groups in total. The Morgan fingerprint density at radius 2 is 2.29 bits per heavy atom. The third kappa shape index (κ3) is 2.46. The highest BCUT2D eigenvalue weighted by atomic mass is 16.5. The zero-order valence-corrected chi connectivity index (χ0v) is 7.78. The highest BCUT2D eigenvalue weighted by Crippen LogP contribution is 2.07. The van der Waals surface area contributed by atoms with Crippen LogP contribution in [0.25, 0.3) is 0 Å². The van der Waals surface area contributed by atoms with Gasteiger partial charge in [0, 0.05) is 0 Å². The molecule has 0 bridgehead atoms. The van der Waals surface area contributed by atoms with E-state index < -0.39 is 5.97 Å². The molecule has 0 spiro atoms. The number of nitriles is 1. The van der Waals surface area contributed by atoms with Gasteiger partial charge in [-0.15, -0.1) is 0 Å². The summed E-state index contributed by atoms with van der Waals surface area (Å²) in [5.41, 5.74) is 0.785. The minimum Gasteiger partial charge on any atom is -0.428 e. The van der Waals surface area contributed by atoms with Crippen LogP contribution in [0.1, 0.15) is 22.8 Å². The summed E-state index contributed by atoms with van der Waals surface area (Å²) in [5.74, 6) is -0.160. The van der Waals surface area contributed by atoms with Crippen LogP contribution < -0.4 is 0 Å². The average molecular weight is 187 g/mol. The molecule has 0 saturated heterocycles. The van der Waals surface area contributed by atoms with E-state index in [0.717, 1.165) is 0 Å². The Hall–Kier alpha value is -2.08. The van der Waals surface area contributed by atoms with Crippen LogP contribution >= 0.6 is 0 Å². The van der Waals surface area contributed by atoms with E-state index in [1.165, 1.54) is 6.07 Å². The summed E-state index contributed by atoms with van der Waals surface area (Å²) < 4.78 is 4.79. The Labute approximate surface area is 82.2 Å². The van der Waals surface area contributed by atoms with Crippen LogP contribution in [-0.4, -0.2) is 5.97 Å². The highest BCUT2D eigenvalue weighted by molar-refractivity contribution is 5.90. The number of nitrogens with zero attached hydrogens (tertiary/aromatic N) is 1. The van der Waals surface area contributed by atoms with Gasteiger partial charge < -0.3 is 4.74 Å². The van der Waals surface area contributed by atoms with Crippen molar-refractivity contribution in [2.45, 2.75) is 6.92 Å². The van der Waals surface area contributed by atoms with Crippen molar-refractivity contribution in [3.8, 4) is 6.07 Å². The molecule has 0 heterocycles. The second kappa shape index (κ2) is 4.24. The van der Waals surface area contributed by atoms with Gasteiger partial charge in [-0.25, -0.2) is 4.79 Å². The van der Waals surface area contributed by atoms with Gasteiger partial charge in [-0.3, -0.25) is 0 Å². The predicted molar refractivity (Wildman–Crippen MR) is 51.4 cm³/mol. The number of hydrogen-bond donors (Lipinski definition) is 0. The molecule has 0 saturated carbocycles. The molecule has 0 aliphatic heterocycles.